The Kier molecular flexibility index (Phi) is 5.99. The third-order valence-corrected chi connectivity index (χ3v) is 6.37. The number of thioether (sulfide) groups is 1. The second kappa shape index (κ2) is 8.83. The number of anilines is 1. The maximum absolute atomic E-state index is 12.5. The molecule has 0 atom stereocenters. The van der Waals surface area contributed by atoms with Crippen LogP contribution in [0.25, 0.3) is 6.08 Å². The van der Waals surface area contributed by atoms with E-state index in [2.05, 4.69) is 46.0 Å². The monoisotopic (exact) mass is 423 g/mol. The molecule has 7 heteroatoms. The van der Waals surface area contributed by atoms with Crippen molar-refractivity contribution < 1.29 is 14.3 Å². The lowest BCUT2D eigenvalue weighted by Gasteiger charge is -2.37. The molecule has 0 bridgehead atoms. The highest BCUT2D eigenvalue weighted by Gasteiger charge is 2.28. The maximum Gasteiger partial charge on any atom is 0.286 e. The van der Waals surface area contributed by atoms with Crippen molar-refractivity contribution in [2.75, 3.05) is 45.3 Å². The van der Waals surface area contributed by atoms with Crippen LogP contribution in [0.15, 0.2) is 52.4 Å². The molecule has 0 saturated carbocycles. The highest BCUT2D eigenvalue weighted by molar-refractivity contribution is 8.18. The Morgan fingerprint density at radius 3 is 2.37 bits per heavy atom. The number of hydrogen-bond acceptors (Lipinski definition) is 6. The van der Waals surface area contributed by atoms with Gasteiger partial charge < -0.3 is 19.3 Å². The van der Waals surface area contributed by atoms with Gasteiger partial charge in [-0.05, 0) is 54.1 Å². The second-order valence-electron chi connectivity index (χ2n) is 7.19. The number of amides is 1. The molecule has 0 aromatic heterocycles. The number of methoxy groups -OCH3 is 2. The van der Waals surface area contributed by atoms with Gasteiger partial charge in [0.15, 0.2) is 16.7 Å². The quantitative estimate of drug-likeness (QED) is 0.697. The molecule has 2 aliphatic heterocycles. The van der Waals surface area contributed by atoms with Gasteiger partial charge in [0.1, 0.15) is 0 Å². The van der Waals surface area contributed by atoms with Gasteiger partial charge in [0.2, 0.25) is 0 Å². The zero-order chi connectivity index (χ0) is 21.1. The van der Waals surface area contributed by atoms with Crippen molar-refractivity contribution in [3.63, 3.8) is 0 Å². The first kappa shape index (κ1) is 20.3. The van der Waals surface area contributed by atoms with Crippen LogP contribution in [0.5, 0.6) is 11.5 Å². The largest absolute Gasteiger partial charge is 0.493 e. The lowest BCUT2D eigenvalue weighted by molar-refractivity contribution is -0.113. The van der Waals surface area contributed by atoms with Crippen LogP contribution in [0.1, 0.15) is 11.1 Å². The number of carbonyl (C=O) groups is 1. The fraction of sp³-hybridized carbons (Fsp3) is 0.304. The molecule has 2 aliphatic rings. The summed E-state index contributed by atoms with van der Waals surface area (Å²) >= 11 is 1.44. The van der Waals surface area contributed by atoms with Gasteiger partial charge >= 0.3 is 0 Å². The highest BCUT2D eigenvalue weighted by atomic mass is 32.2. The van der Waals surface area contributed by atoms with Crippen molar-refractivity contribution in [1.29, 1.82) is 0 Å². The summed E-state index contributed by atoms with van der Waals surface area (Å²) in [7, 11) is 3.20. The average molecular weight is 424 g/mol. The number of ether oxygens (including phenoxy) is 2. The molecule has 156 valence electrons. The molecule has 0 N–H and O–H groups in total. The summed E-state index contributed by atoms with van der Waals surface area (Å²) < 4.78 is 10.6. The van der Waals surface area contributed by atoms with E-state index < -0.39 is 0 Å². The first-order valence-electron chi connectivity index (χ1n) is 9.89. The molecule has 0 radical (unpaired) electrons. The van der Waals surface area contributed by atoms with Crippen molar-refractivity contribution in [3.05, 3.63) is 58.5 Å². The third kappa shape index (κ3) is 4.16. The van der Waals surface area contributed by atoms with Crippen LogP contribution in [0.2, 0.25) is 0 Å². The van der Waals surface area contributed by atoms with E-state index in [4.69, 9.17) is 9.47 Å². The van der Waals surface area contributed by atoms with Crippen LogP contribution in [0.4, 0.5) is 5.69 Å². The molecule has 1 fully saturated rings. The van der Waals surface area contributed by atoms with Gasteiger partial charge in [-0.15, -0.1) is 0 Å². The molecule has 30 heavy (non-hydrogen) atoms. The van der Waals surface area contributed by atoms with E-state index in [0.717, 1.165) is 36.9 Å². The summed E-state index contributed by atoms with van der Waals surface area (Å²) in [4.78, 5) is 22.0. The van der Waals surface area contributed by atoms with Crippen molar-refractivity contribution >= 4 is 34.6 Å². The van der Waals surface area contributed by atoms with E-state index in [1.54, 1.807) is 14.2 Å². The summed E-state index contributed by atoms with van der Waals surface area (Å²) in [5.41, 5.74) is 3.45. The van der Waals surface area contributed by atoms with E-state index >= 15 is 0 Å². The standard InChI is InChI=1S/C23H25N3O3S/c1-16-6-4-5-7-18(16)25-10-12-26(13-11-25)23-24-22(27)21(30-23)15-17-8-9-19(28-2)20(14-17)29-3/h4-9,14-15H,10-13H2,1-3H3/b21-15+. The van der Waals surface area contributed by atoms with E-state index in [-0.39, 0.29) is 5.91 Å². The Balaban J connectivity index is 1.42. The molecule has 6 nitrogen and oxygen atoms in total. The maximum atomic E-state index is 12.5. The van der Waals surface area contributed by atoms with Crippen LogP contribution >= 0.6 is 11.8 Å². The van der Waals surface area contributed by atoms with Gasteiger partial charge in [-0.25, -0.2) is 0 Å². The molecule has 0 aliphatic carbocycles. The predicted molar refractivity (Wildman–Crippen MR) is 123 cm³/mol. The molecule has 0 unspecified atom stereocenters. The minimum atomic E-state index is -0.189. The topological polar surface area (TPSA) is 54.4 Å². The zero-order valence-corrected chi connectivity index (χ0v) is 18.2. The summed E-state index contributed by atoms with van der Waals surface area (Å²) in [6.45, 7) is 5.65. The van der Waals surface area contributed by atoms with Crippen molar-refractivity contribution in [1.82, 2.24) is 4.90 Å². The molecule has 1 saturated heterocycles. The molecular formula is C23H25N3O3S. The molecule has 4 rings (SSSR count). The fourth-order valence-electron chi connectivity index (χ4n) is 3.68. The normalized spacial score (nSPS) is 18.0. The van der Waals surface area contributed by atoms with Crippen molar-refractivity contribution in [2.45, 2.75) is 6.92 Å². The van der Waals surface area contributed by atoms with Gasteiger partial charge in [-0.2, -0.15) is 4.99 Å². The van der Waals surface area contributed by atoms with Gasteiger partial charge in [-0.1, -0.05) is 24.3 Å². The molecule has 2 aromatic carbocycles. The Hall–Kier alpha value is -2.93. The summed E-state index contributed by atoms with van der Waals surface area (Å²) in [6, 6.07) is 14.1. The van der Waals surface area contributed by atoms with Gasteiger partial charge in [0, 0.05) is 31.9 Å². The van der Waals surface area contributed by atoms with Crippen LogP contribution < -0.4 is 14.4 Å². The first-order chi connectivity index (χ1) is 14.6. The number of benzene rings is 2. The number of rotatable bonds is 4. The molecular weight excluding hydrogens is 398 g/mol. The van der Waals surface area contributed by atoms with Gasteiger partial charge in [-0.3, -0.25) is 4.79 Å². The molecule has 1 amide bonds. The fourth-order valence-corrected chi connectivity index (χ4v) is 4.65. The van der Waals surface area contributed by atoms with Crippen LogP contribution in [0.3, 0.4) is 0 Å². The first-order valence-corrected chi connectivity index (χ1v) is 10.7. The third-order valence-electron chi connectivity index (χ3n) is 5.32. The number of aryl methyl sites for hydroxylation is 1. The van der Waals surface area contributed by atoms with Crippen molar-refractivity contribution in [2.24, 2.45) is 4.99 Å². The zero-order valence-electron chi connectivity index (χ0n) is 17.4. The molecule has 2 aromatic rings. The van der Waals surface area contributed by atoms with Crippen molar-refractivity contribution in [3.8, 4) is 11.5 Å². The Morgan fingerprint density at radius 1 is 0.967 bits per heavy atom. The predicted octanol–water partition coefficient (Wildman–Crippen LogP) is 3.80. The average Bonchev–Trinajstić information content (AvgIpc) is 3.14. The number of nitrogens with zero attached hydrogens (tertiary/aromatic N) is 3. The molecule has 0 spiro atoms. The number of hydrogen-bond donors (Lipinski definition) is 0. The SMILES string of the molecule is COc1ccc(/C=C2/SC(N3CCN(c4ccccc4C)CC3)=NC2=O)cc1OC. The highest BCUT2D eigenvalue weighted by Crippen LogP contribution is 2.33. The minimum absolute atomic E-state index is 0.189. The van der Waals surface area contributed by atoms with Crippen LogP contribution in [0, 0.1) is 6.92 Å². The minimum Gasteiger partial charge on any atom is -0.493 e. The number of piperazine rings is 1. The summed E-state index contributed by atoms with van der Waals surface area (Å²) in [5.74, 6) is 1.11. The van der Waals surface area contributed by atoms with Crippen LogP contribution in [-0.2, 0) is 4.79 Å². The van der Waals surface area contributed by atoms with Crippen LogP contribution in [-0.4, -0.2) is 56.4 Å². The lowest BCUT2D eigenvalue weighted by Crippen LogP contribution is -2.48. The Bertz CT molecular complexity index is 1010. The van der Waals surface area contributed by atoms with E-state index in [1.165, 1.54) is 23.0 Å². The van der Waals surface area contributed by atoms with E-state index in [0.29, 0.717) is 16.4 Å². The summed E-state index contributed by atoms with van der Waals surface area (Å²) in [5, 5.41) is 0.788. The number of amidine groups is 1. The lowest BCUT2D eigenvalue weighted by atomic mass is 10.1. The molecule has 2 heterocycles. The number of aliphatic imine (C=N–C) groups is 1. The Morgan fingerprint density at radius 2 is 1.67 bits per heavy atom. The number of para-hydroxylation sites is 1. The summed E-state index contributed by atoms with van der Waals surface area (Å²) in [6.07, 6.45) is 1.86. The number of carbonyl (C=O) groups excluding carboxylic acids is 1. The second-order valence-corrected chi connectivity index (χ2v) is 8.19. The van der Waals surface area contributed by atoms with E-state index in [1.807, 2.05) is 24.3 Å². The van der Waals surface area contributed by atoms with Gasteiger partial charge in [0.05, 0.1) is 19.1 Å². The Labute approximate surface area is 181 Å². The smallest absolute Gasteiger partial charge is 0.286 e. The van der Waals surface area contributed by atoms with E-state index in [9.17, 15) is 4.79 Å². The van der Waals surface area contributed by atoms with Gasteiger partial charge in [0.25, 0.3) is 5.91 Å².